The summed E-state index contributed by atoms with van der Waals surface area (Å²) >= 11 is 0. The molecule has 7 nitrogen and oxygen atoms in total. The number of H-pyrrole nitrogens is 1. The maximum atomic E-state index is 11.7. The Hall–Kier alpha value is -2.12. The van der Waals surface area contributed by atoms with Gasteiger partial charge < -0.3 is 15.4 Å². The van der Waals surface area contributed by atoms with Gasteiger partial charge in [-0.25, -0.2) is 4.98 Å². The van der Waals surface area contributed by atoms with Crippen molar-refractivity contribution in [2.45, 2.75) is 6.54 Å². The van der Waals surface area contributed by atoms with E-state index >= 15 is 0 Å². The zero-order valence-corrected chi connectivity index (χ0v) is 12.9. The molecule has 22 heavy (non-hydrogen) atoms. The van der Waals surface area contributed by atoms with Crippen LogP contribution in [-0.4, -0.2) is 41.3 Å². The molecule has 1 amide bonds. The van der Waals surface area contributed by atoms with Gasteiger partial charge in [0.2, 0.25) is 5.91 Å². The summed E-state index contributed by atoms with van der Waals surface area (Å²) in [6.45, 7) is 1.86. The molecule has 1 aliphatic heterocycles. The van der Waals surface area contributed by atoms with E-state index in [2.05, 4.69) is 25.8 Å². The summed E-state index contributed by atoms with van der Waals surface area (Å²) in [5.41, 5.74) is 0.896. The number of methoxy groups -OCH3 is 1. The van der Waals surface area contributed by atoms with E-state index in [0.717, 1.165) is 24.4 Å². The molecule has 1 aromatic carbocycles. The average Bonchev–Trinajstić information content (AvgIpc) is 2.92. The number of aromatic nitrogens is 3. The number of halogens is 1. The van der Waals surface area contributed by atoms with Gasteiger partial charge >= 0.3 is 0 Å². The molecule has 2 aromatic rings. The minimum atomic E-state index is 0. The minimum absolute atomic E-state index is 0. The van der Waals surface area contributed by atoms with Crippen molar-refractivity contribution in [2.24, 2.45) is 5.92 Å². The lowest BCUT2D eigenvalue weighted by Crippen LogP contribution is -2.50. The number of carbonyl (C=O) groups excluding carboxylic acids is 1. The van der Waals surface area contributed by atoms with E-state index in [1.54, 1.807) is 7.11 Å². The van der Waals surface area contributed by atoms with Crippen molar-refractivity contribution < 1.29 is 9.53 Å². The number of hydrogen-bond acceptors (Lipinski definition) is 5. The fraction of sp³-hybridized carbons (Fsp3) is 0.357. The lowest BCUT2D eigenvalue weighted by atomic mass is 10.0. The lowest BCUT2D eigenvalue weighted by molar-refractivity contribution is -0.126. The minimum Gasteiger partial charge on any atom is -0.497 e. The molecule has 1 aromatic heterocycles. The van der Waals surface area contributed by atoms with Gasteiger partial charge in [0, 0.05) is 18.7 Å². The molecule has 8 heteroatoms. The average molecular weight is 324 g/mol. The highest BCUT2D eigenvalue weighted by molar-refractivity contribution is 5.85. The molecule has 2 heterocycles. The molecule has 0 atom stereocenters. The molecule has 0 spiro atoms. The summed E-state index contributed by atoms with van der Waals surface area (Å²) in [6.07, 6.45) is 0. The number of nitrogens with one attached hydrogen (secondary N) is 3. The molecule has 0 unspecified atom stereocenters. The Morgan fingerprint density at radius 1 is 1.36 bits per heavy atom. The van der Waals surface area contributed by atoms with Crippen LogP contribution in [0.25, 0.3) is 11.4 Å². The van der Waals surface area contributed by atoms with Crippen molar-refractivity contribution >= 4 is 18.3 Å². The molecule has 1 aliphatic rings. The third kappa shape index (κ3) is 3.55. The normalized spacial score (nSPS) is 13.9. The van der Waals surface area contributed by atoms with Gasteiger partial charge in [-0.1, -0.05) is 0 Å². The van der Waals surface area contributed by atoms with E-state index in [-0.39, 0.29) is 24.2 Å². The summed E-state index contributed by atoms with van der Waals surface area (Å²) in [4.78, 5) is 16.1. The van der Waals surface area contributed by atoms with E-state index in [0.29, 0.717) is 18.2 Å². The van der Waals surface area contributed by atoms with Crippen molar-refractivity contribution in [3.63, 3.8) is 0 Å². The van der Waals surface area contributed by atoms with Gasteiger partial charge in [0.1, 0.15) is 11.6 Å². The molecular formula is C14H18ClN5O2. The van der Waals surface area contributed by atoms with Crippen LogP contribution in [0.2, 0.25) is 0 Å². The second-order valence-electron chi connectivity index (χ2n) is 4.91. The molecule has 0 saturated carbocycles. The van der Waals surface area contributed by atoms with Crippen LogP contribution in [0.5, 0.6) is 5.75 Å². The van der Waals surface area contributed by atoms with Crippen LogP contribution in [0.4, 0.5) is 0 Å². The summed E-state index contributed by atoms with van der Waals surface area (Å²) in [7, 11) is 1.63. The number of aromatic amines is 1. The molecule has 1 fully saturated rings. The molecular weight excluding hydrogens is 306 g/mol. The SMILES string of the molecule is COc1ccc(-c2n[nH]c(CNC(=O)C3CNC3)n2)cc1.Cl. The largest absolute Gasteiger partial charge is 0.497 e. The number of amides is 1. The standard InChI is InChI=1S/C14H17N5O2.ClH/c1-21-11-4-2-9(3-5-11)13-17-12(18-19-13)8-16-14(20)10-6-15-7-10;/h2-5,10,15H,6-8H2,1H3,(H,16,20)(H,17,18,19);1H. The fourth-order valence-corrected chi connectivity index (χ4v) is 2.03. The maximum absolute atomic E-state index is 11.7. The van der Waals surface area contributed by atoms with Crippen molar-refractivity contribution in [1.29, 1.82) is 0 Å². The third-order valence-electron chi connectivity index (χ3n) is 3.46. The first kappa shape index (κ1) is 16.3. The van der Waals surface area contributed by atoms with Crippen LogP contribution in [0.1, 0.15) is 5.82 Å². The first-order chi connectivity index (χ1) is 10.3. The third-order valence-corrected chi connectivity index (χ3v) is 3.46. The predicted molar refractivity (Wildman–Crippen MR) is 83.8 cm³/mol. The number of carbonyl (C=O) groups is 1. The summed E-state index contributed by atoms with van der Waals surface area (Å²) < 4.78 is 5.11. The predicted octanol–water partition coefficient (Wildman–Crippen LogP) is 0.738. The Bertz CT molecular complexity index is 624. The van der Waals surface area contributed by atoms with Gasteiger partial charge in [0.25, 0.3) is 0 Å². The molecule has 0 bridgehead atoms. The molecule has 3 N–H and O–H groups in total. The number of hydrogen-bond donors (Lipinski definition) is 3. The Labute approximate surface area is 134 Å². The highest BCUT2D eigenvalue weighted by atomic mass is 35.5. The Balaban J connectivity index is 0.00000176. The van der Waals surface area contributed by atoms with E-state index < -0.39 is 0 Å². The van der Waals surface area contributed by atoms with Crippen LogP contribution in [0.3, 0.4) is 0 Å². The highest BCUT2D eigenvalue weighted by Gasteiger charge is 2.24. The zero-order valence-electron chi connectivity index (χ0n) is 12.1. The van der Waals surface area contributed by atoms with E-state index in [4.69, 9.17) is 4.74 Å². The molecule has 0 radical (unpaired) electrons. The molecule has 1 saturated heterocycles. The van der Waals surface area contributed by atoms with Gasteiger partial charge in [-0.05, 0) is 24.3 Å². The fourth-order valence-electron chi connectivity index (χ4n) is 2.03. The molecule has 3 rings (SSSR count). The first-order valence-corrected chi connectivity index (χ1v) is 6.80. The van der Waals surface area contributed by atoms with Crippen LogP contribution >= 0.6 is 12.4 Å². The lowest BCUT2D eigenvalue weighted by Gasteiger charge is -2.25. The second-order valence-corrected chi connectivity index (χ2v) is 4.91. The van der Waals surface area contributed by atoms with Gasteiger partial charge in [0.05, 0.1) is 19.6 Å². The monoisotopic (exact) mass is 323 g/mol. The molecule has 118 valence electrons. The topological polar surface area (TPSA) is 91.9 Å². The van der Waals surface area contributed by atoms with E-state index in [9.17, 15) is 4.79 Å². The maximum Gasteiger partial charge on any atom is 0.226 e. The number of ether oxygens (including phenoxy) is 1. The van der Waals surface area contributed by atoms with Gasteiger partial charge in [-0.15, -0.1) is 12.4 Å². The smallest absolute Gasteiger partial charge is 0.226 e. The van der Waals surface area contributed by atoms with Crippen LogP contribution in [0.15, 0.2) is 24.3 Å². The van der Waals surface area contributed by atoms with Crippen molar-refractivity contribution in [3.05, 3.63) is 30.1 Å². The van der Waals surface area contributed by atoms with Crippen LogP contribution in [0, 0.1) is 5.92 Å². The van der Waals surface area contributed by atoms with Crippen molar-refractivity contribution in [3.8, 4) is 17.1 Å². The quantitative estimate of drug-likeness (QED) is 0.755. The second kappa shape index (κ2) is 7.24. The van der Waals surface area contributed by atoms with E-state index in [1.807, 2.05) is 24.3 Å². The Morgan fingerprint density at radius 2 is 2.09 bits per heavy atom. The van der Waals surface area contributed by atoms with Gasteiger partial charge in [0.15, 0.2) is 5.82 Å². The Morgan fingerprint density at radius 3 is 2.68 bits per heavy atom. The van der Waals surface area contributed by atoms with E-state index in [1.165, 1.54) is 0 Å². The van der Waals surface area contributed by atoms with Gasteiger partial charge in [-0.3, -0.25) is 9.89 Å². The zero-order chi connectivity index (χ0) is 14.7. The number of nitrogens with zero attached hydrogens (tertiary/aromatic N) is 2. The summed E-state index contributed by atoms with van der Waals surface area (Å²) in [6, 6.07) is 7.50. The highest BCUT2D eigenvalue weighted by Crippen LogP contribution is 2.18. The first-order valence-electron chi connectivity index (χ1n) is 6.80. The number of benzene rings is 1. The summed E-state index contributed by atoms with van der Waals surface area (Å²) in [5.74, 6) is 2.16. The van der Waals surface area contributed by atoms with Crippen molar-refractivity contribution in [1.82, 2.24) is 25.8 Å². The Kier molecular flexibility index (Phi) is 5.35. The van der Waals surface area contributed by atoms with Crippen LogP contribution < -0.4 is 15.4 Å². The summed E-state index contributed by atoms with van der Waals surface area (Å²) in [5, 5.41) is 12.9. The van der Waals surface area contributed by atoms with Crippen molar-refractivity contribution in [2.75, 3.05) is 20.2 Å². The van der Waals surface area contributed by atoms with Gasteiger partial charge in [-0.2, -0.15) is 5.10 Å². The van der Waals surface area contributed by atoms with Crippen LogP contribution in [-0.2, 0) is 11.3 Å². The number of rotatable bonds is 5. The molecule has 0 aliphatic carbocycles.